The maximum absolute atomic E-state index is 11.0. The molecule has 0 bridgehead atoms. The van der Waals surface area contributed by atoms with Crippen LogP contribution in [0.1, 0.15) is 25.8 Å². The molecule has 1 aromatic carbocycles. The van der Waals surface area contributed by atoms with E-state index in [-0.39, 0.29) is 5.91 Å². The fourth-order valence-corrected chi connectivity index (χ4v) is 1.60. The van der Waals surface area contributed by atoms with Gasteiger partial charge in [-0.1, -0.05) is 26.0 Å². The van der Waals surface area contributed by atoms with Crippen LogP contribution in [0.2, 0.25) is 0 Å². The van der Waals surface area contributed by atoms with E-state index < -0.39 is 0 Å². The minimum Gasteiger partial charge on any atom is -0.493 e. The van der Waals surface area contributed by atoms with Crippen LogP contribution in [0, 0.1) is 5.92 Å². The molecular formula is C15H24N2O2. The highest BCUT2D eigenvalue weighted by Gasteiger charge is 2.00. The fourth-order valence-electron chi connectivity index (χ4n) is 1.60. The van der Waals surface area contributed by atoms with Crippen molar-refractivity contribution in [2.45, 2.75) is 26.8 Å². The van der Waals surface area contributed by atoms with Crippen molar-refractivity contribution < 1.29 is 9.53 Å². The van der Waals surface area contributed by atoms with Crippen LogP contribution in [0.3, 0.4) is 0 Å². The second-order valence-corrected chi connectivity index (χ2v) is 4.94. The van der Waals surface area contributed by atoms with E-state index in [9.17, 15) is 4.79 Å². The molecule has 0 saturated heterocycles. The molecule has 0 radical (unpaired) electrons. The number of nitrogens with one attached hydrogen (secondary N) is 2. The van der Waals surface area contributed by atoms with Crippen molar-refractivity contribution in [1.29, 1.82) is 0 Å². The lowest BCUT2D eigenvalue weighted by molar-refractivity contribution is -0.121. The predicted octanol–water partition coefficient (Wildman–Crippen LogP) is 1.95. The van der Waals surface area contributed by atoms with Gasteiger partial charge in [0.1, 0.15) is 5.75 Å². The molecule has 1 aromatic rings. The molecule has 0 aliphatic rings. The number of ether oxygens (including phenoxy) is 1. The molecule has 0 atom stereocenters. The van der Waals surface area contributed by atoms with E-state index >= 15 is 0 Å². The van der Waals surface area contributed by atoms with E-state index in [1.807, 2.05) is 24.3 Å². The van der Waals surface area contributed by atoms with Crippen molar-refractivity contribution in [3.05, 3.63) is 29.8 Å². The zero-order valence-corrected chi connectivity index (χ0v) is 12.0. The molecule has 0 aliphatic heterocycles. The minimum absolute atomic E-state index is 0.00509. The SMILES string of the molecule is CNC(=O)CCOc1ccc(CNCC(C)C)cc1. The van der Waals surface area contributed by atoms with Crippen molar-refractivity contribution >= 4 is 5.91 Å². The second-order valence-electron chi connectivity index (χ2n) is 4.94. The molecule has 0 unspecified atom stereocenters. The van der Waals surface area contributed by atoms with Gasteiger partial charge in [0.15, 0.2) is 0 Å². The zero-order chi connectivity index (χ0) is 14.1. The van der Waals surface area contributed by atoms with Gasteiger partial charge < -0.3 is 15.4 Å². The number of carbonyl (C=O) groups excluding carboxylic acids is 1. The van der Waals surface area contributed by atoms with Crippen LogP contribution in [0.25, 0.3) is 0 Å². The number of hydrogen-bond donors (Lipinski definition) is 2. The number of amides is 1. The highest BCUT2D eigenvalue weighted by atomic mass is 16.5. The van der Waals surface area contributed by atoms with Gasteiger partial charge in [-0.05, 0) is 30.2 Å². The standard InChI is InChI=1S/C15H24N2O2/c1-12(2)10-17-11-13-4-6-14(7-5-13)19-9-8-15(18)16-3/h4-7,12,17H,8-11H2,1-3H3,(H,16,18). The lowest BCUT2D eigenvalue weighted by Gasteiger charge is -2.09. The van der Waals surface area contributed by atoms with Crippen LogP contribution in [-0.2, 0) is 11.3 Å². The van der Waals surface area contributed by atoms with Crippen molar-refractivity contribution in [3.8, 4) is 5.75 Å². The largest absolute Gasteiger partial charge is 0.493 e. The Morgan fingerprint density at radius 2 is 1.95 bits per heavy atom. The van der Waals surface area contributed by atoms with Crippen LogP contribution >= 0.6 is 0 Å². The molecule has 0 aromatic heterocycles. The van der Waals surface area contributed by atoms with Gasteiger partial charge in [0.05, 0.1) is 13.0 Å². The lowest BCUT2D eigenvalue weighted by atomic mass is 10.2. The van der Waals surface area contributed by atoms with Crippen LogP contribution < -0.4 is 15.4 Å². The molecule has 2 N–H and O–H groups in total. The monoisotopic (exact) mass is 264 g/mol. The molecule has 0 aliphatic carbocycles. The van der Waals surface area contributed by atoms with E-state index in [0.29, 0.717) is 18.9 Å². The summed E-state index contributed by atoms with van der Waals surface area (Å²) in [7, 11) is 1.63. The van der Waals surface area contributed by atoms with Crippen molar-refractivity contribution in [1.82, 2.24) is 10.6 Å². The normalized spacial score (nSPS) is 10.5. The maximum atomic E-state index is 11.0. The molecule has 4 nitrogen and oxygen atoms in total. The third-order valence-electron chi connectivity index (χ3n) is 2.68. The van der Waals surface area contributed by atoms with Gasteiger partial charge in [0.2, 0.25) is 5.91 Å². The topological polar surface area (TPSA) is 50.4 Å². The average Bonchev–Trinajstić information content (AvgIpc) is 2.40. The highest BCUT2D eigenvalue weighted by Crippen LogP contribution is 2.12. The van der Waals surface area contributed by atoms with Crippen LogP contribution in [0.4, 0.5) is 0 Å². The Morgan fingerprint density at radius 1 is 1.26 bits per heavy atom. The molecule has 0 saturated carbocycles. The molecular weight excluding hydrogens is 240 g/mol. The first kappa shape index (κ1) is 15.5. The summed E-state index contributed by atoms with van der Waals surface area (Å²) in [5.74, 6) is 1.46. The first-order valence-corrected chi connectivity index (χ1v) is 6.75. The molecule has 1 amide bonds. The Kier molecular flexibility index (Phi) is 6.97. The van der Waals surface area contributed by atoms with E-state index in [4.69, 9.17) is 4.74 Å². The minimum atomic E-state index is -0.00509. The van der Waals surface area contributed by atoms with Gasteiger partial charge in [-0.25, -0.2) is 0 Å². The summed E-state index contributed by atoms with van der Waals surface area (Å²) in [6, 6.07) is 7.97. The Labute approximate surface area is 115 Å². The smallest absolute Gasteiger partial charge is 0.223 e. The van der Waals surface area contributed by atoms with E-state index in [2.05, 4.69) is 24.5 Å². The van der Waals surface area contributed by atoms with E-state index in [0.717, 1.165) is 18.8 Å². The van der Waals surface area contributed by atoms with Gasteiger partial charge in [-0.15, -0.1) is 0 Å². The first-order valence-electron chi connectivity index (χ1n) is 6.75. The molecule has 0 spiro atoms. The summed E-state index contributed by atoms with van der Waals surface area (Å²) in [6.45, 7) is 6.68. The zero-order valence-electron chi connectivity index (χ0n) is 12.0. The number of benzene rings is 1. The number of carbonyl (C=O) groups is 1. The fraction of sp³-hybridized carbons (Fsp3) is 0.533. The first-order chi connectivity index (χ1) is 9.11. The average molecular weight is 264 g/mol. The van der Waals surface area contributed by atoms with Crippen LogP contribution in [0.15, 0.2) is 24.3 Å². The Bertz CT molecular complexity index is 374. The van der Waals surface area contributed by atoms with Crippen LogP contribution in [-0.4, -0.2) is 26.1 Å². The Balaban J connectivity index is 2.29. The van der Waals surface area contributed by atoms with Crippen LogP contribution in [0.5, 0.6) is 5.75 Å². The van der Waals surface area contributed by atoms with Crippen molar-refractivity contribution in [2.24, 2.45) is 5.92 Å². The second kappa shape index (κ2) is 8.53. The summed E-state index contributed by atoms with van der Waals surface area (Å²) in [4.78, 5) is 11.0. The molecule has 1 rings (SSSR count). The van der Waals surface area contributed by atoms with E-state index in [1.54, 1.807) is 7.05 Å². The summed E-state index contributed by atoms with van der Waals surface area (Å²) in [5, 5.41) is 5.96. The third kappa shape index (κ3) is 6.82. The van der Waals surface area contributed by atoms with Gasteiger partial charge in [0, 0.05) is 13.6 Å². The molecule has 106 valence electrons. The summed E-state index contributed by atoms with van der Waals surface area (Å²) in [5.41, 5.74) is 1.24. The summed E-state index contributed by atoms with van der Waals surface area (Å²) >= 11 is 0. The van der Waals surface area contributed by atoms with Gasteiger partial charge in [-0.2, -0.15) is 0 Å². The Hall–Kier alpha value is -1.55. The van der Waals surface area contributed by atoms with Crippen molar-refractivity contribution in [3.63, 3.8) is 0 Å². The number of rotatable bonds is 8. The highest BCUT2D eigenvalue weighted by molar-refractivity contribution is 5.75. The maximum Gasteiger partial charge on any atom is 0.223 e. The van der Waals surface area contributed by atoms with Gasteiger partial charge in [-0.3, -0.25) is 4.79 Å². The molecule has 19 heavy (non-hydrogen) atoms. The third-order valence-corrected chi connectivity index (χ3v) is 2.68. The molecule has 0 fully saturated rings. The summed E-state index contributed by atoms with van der Waals surface area (Å²) < 4.78 is 5.49. The van der Waals surface area contributed by atoms with Gasteiger partial charge >= 0.3 is 0 Å². The van der Waals surface area contributed by atoms with E-state index in [1.165, 1.54) is 5.56 Å². The predicted molar refractivity (Wildman–Crippen MR) is 77.2 cm³/mol. The number of hydrogen-bond acceptors (Lipinski definition) is 3. The van der Waals surface area contributed by atoms with Gasteiger partial charge in [0.25, 0.3) is 0 Å². The molecule has 0 heterocycles. The Morgan fingerprint density at radius 3 is 2.53 bits per heavy atom. The van der Waals surface area contributed by atoms with Crippen molar-refractivity contribution in [2.75, 3.05) is 20.2 Å². The quantitative estimate of drug-likeness (QED) is 0.754. The lowest BCUT2D eigenvalue weighted by Crippen LogP contribution is -2.20. The summed E-state index contributed by atoms with van der Waals surface area (Å²) in [6.07, 6.45) is 0.383. The molecule has 4 heteroatoms.